The van der Waals surface area contributed by atoms with Crippen LogP contribution in [0.2, 0.25) is 0 Å². The van der Waals surface area contributed by atoms with Crippen molar-refractivity contribution < 1.29 is 19.0 Å². The molecule has 0 bridgehead atoms. The minimum atomic E-state index is -1.09. The van der Waals surface area contributed by atoms with Gasteiger partial charge >= 0.3 is 0 Å². The Bertz CT molecular complexity index is 381. The number of nitrogens with one attached hydrogen (secondary N) is 1. The van der Waals surface area contributed by atoms with Gasteiger partial charge in [0, 0.05) is 6.07 Å². The van der Waals surface area contributed by atoms with Gasteiger partial charge < -0.3 is 21.3 Å². The van der Waals surface area contributed by atoms with Gasteiger partial charge in [-0.25, -0.2) is 8.78 Å². The van der Waals surface area contributed by atoms with E-state index in [2.05, 4.69) is 5.32 Å². The number of rotatable bonds is 4. The minimum absolute atomic E-state index is 0.00287. The van der Waals surface area contributed by atoms with Gasteiger partial charge in [-0.3, -0.25) is 0 Å². The summed E-state index contributed by atoms with van der Waals surface area (Å²) in [6.45, 7) is 0.692. The molecule has 1 rings (SSSR count). The van der Waals surface area contributed by atoms with Crippen LogP contribution in [0.25, 0.3) is 0 Å². The largest absolute Gasteiger partial charge is 0.395 e. The highest BCUT2D eigenvalue weighted by atomic mass is 19.1. The van der Waals surface area contributed by atoms with Crippen LogP contribution in [-0.4, -0.2) is 29.0 Å². The van der Waals surface area contributed by atoms with E-state index in [1.807, 2.05) is 0 Å². The maximum atomic E-state index is 13.1. The molecule has 4 nitrogen and oxygen atoms in total. The summed E-state index contributed by atoms with van der Waals surface area (Å²) in [5, 5.41) is 20.7. The summed E-state index contributed by atoms with van der Waals surface area (Å²) < 4.78 is 26.0. The first-order valence-corrected chi connectivity index (χ1v) is 4.66. The summed E-state index contributed by atoms with van der Waals surface area (Å²) in [6.07, 6.45) is 0. The van der Waals surface area contributed by atoms with Gasteiger partial charge in [0.05, 0.1) is 30.1 Å². The van der Waals surface area contributed by atoms with Crippen molar-refractivity contribution in [3.8, 4) is 0 Å². The second-order valence-corrected chi connectivity index (χ2v) is 3.85. The van der Waals surface area contributed by atoms with Gasteiger partial charge in [-0.1, -0.05) is 0 Å². The summed E-state index contributed by atoms with van der Waals surface area (Å²) >= 11 is 0. The zero-order valence-corrected chi connectivity index (χ0v) is 8.80. The van der Waals surface area contributed by atoms with Gasteiger partial charge in [-0.15, -0.1) is 0 Å². The van der Waals surface area contributed by atoms with Crippen LogP contribution in [-0.2, 0) is 0 Å². The molecule has 0 aromatic heterocycles. The van der Waals surface area contributed by atoms with Gasteiger partial charge in [0.15, 0.2) is 5.82 Å². The molecular weight excluding hydrogens is 218 g/mol. The van der Waals surface area contributed by atoms with Crippen molar-refractivity contribution in [2.45, 2.75) is 12.5 Å². The molecule has 16 heavy (non-hydrogen) atoms. The lowest BCUT2D eigenvalue weighted by Crippen LogP contribution is -2.42. The smallest absolute Gasteiger partial charge is 0.151 e. The molecule has 90 valence electrons. The Hall–Kier alpha value is -1.40. The first-order chi connectivity index (χ1) is 7.41. The SMILES string of the molecule is CC(CO)(CO)Nc1cc(F)cc(F)c1N. The second-order valence-electron chi connectivity index (χ2n) is 3.85. The van der Waals surface area contributed by atoms with Crippen LogP contribution >= 0.6 is 0 Å². The Morgan fingerprint density at radius 1 is 1.31 bits per heavy atom. The fourth-order valence-electron chi connectivity index (χ4n) is 1.14. The van der Waals surface area contributed by atoms with Crippen molar-refractivity contribution in [2.75, 3.05) is 24.3 Å². The zero-order valence-electron chi connectivity index (χ0n) is 8.80. The molecule has 0 fully saturated rings. The van der Waals surface area contributed by atoms with Crippen molar-refractivity contribution in [1.29, 1.82) is 0 Å². The van der Waals surface area contributed by atoms with Crippen molar-refractivity contribution >= 4 is 11.4 Å². The van der Waals surface area contributed by atoms with Crippen molar-refractivity contribution in [3.63, 3.8) is 0 Å². The van der Waals surface area contributed by atoms with Crippen LogP contribution in [0.5, 0.6) is 0 Å². The maximum Gasteiger partial charge on any atom is 0.151 e. The summed E-state index contributed by atoms with van der Waals surface area (Å²) in [7, 11) is 0. The monoisotopic (exact) mass is 232 g/mol. The number of halogens is 2. The Labute approximate surface area is 91.7 Å². The van der Waals surface area contributed by atoms with E-state index in [1.54, 1.807) is 0 Å². The molecule has 1 aromatic rings. The van der Waals surface area contributed by atoms with E-state index in [0.29, 0.717) is 6.07 Å². The lowest BCUT2D eigenvalue weighted by molar-refractivity contribution is 0.147. The molecule has 0 spiro atoms. The zero-order chi connectivity index (χ0) is 12.3. The fourth-order valence-corrected chi connectivity index (χ4v) is 1.14. The highest BCUT2D eigenvalue weighted by Gasteiger charge is 2.23. The third-order valence-corrected chi connectivity index (χ3v) is 2.23. The van der Waals surface area contributed by atoms with E-state index in [-0.39, 0.29) is 11.4 Å². The molecule has 0 aliphatic carbocycles. The highest BCUT2D eigenvalue weighted by Crippen LogP contribution is 2.26. The first-order valence-electron chi connectivity index (χ1n) is 4.66. The third kappa shape index (κ3) is 2.59. The number of aliphatic hydroxyl groups is 2. The van der Waals surface area contributed by atoms with E-state index in [1.165, 1.54) is 6.92 Å². The molecule has 0 aliphatic rings. The quantitative estimate of drug-likeness (QED) is 0.576. The lowest BCUT2D eigenvalue weighted by atomic mass is 10.0. The number of nitrogens with two attached hydrogens (primary N) is 1. The van der Waals surface area contributed by atoms with E-state index in [4.69, 9.17) is 15.9 Å². The van der Waals surface area contributed by atoms with Gasteiger partial charge in [0.1, 0.15) is 5.82 Å². The highest BCUT2D eigenvalue weighted by molar-refractivity contribution is 5.67. The average Bonchev–Trinajstić information content (AvgIpc) is 2.25. The molecule has 6 heteroatoms. The molecule has 0 saturated carbocycles. The normalized spacial score (nSPS) is 11.6. The van der Waals surface area contributed by atoms with Gasteiger partial charge in [0.2, 0.25) is 0 Å². The predicted molar refractivity (Wildman–Crippen MR) is 57.0 cm³/mol. The minimum Gasteiger partial charge on any atom is -0.395 e. The molecule has 0 radical (unpaired) electrons. The third-order valence-electron chi connectivity index (χ3n) is 2.23. The van der Waals surface area contributed by atoms with Crippen LogP contribution in [0.3, 0.4) is 0 Å². The number of nitrogen functional groups attached to an aromatic ring is 1. The van der Waals surface area contributed by atoms with Gasteiger partial charge in [-0.05, 0) is 13.0 Å². The Morgan fingerprint density at radius 2 is 1.88 bits per heavy atom. The number of aliphatic hydroxyl groups excluding tert-OH is 2. The van der Waals surface area contributed by atoms with Crippen LogP contribution < -0.4 is 11.1 Å². The van der Waals surface area contributed by atoms with Crippen molar-refractivity contribution in [1.82, 2.24) is 0 Å². The summed E-state index contributed by atoms with van der Waals surface area (Å²) in [5.74, 6) is -1.67. The van der Waals surface area contributed by atoms with Crippen LogP contribution in [0.15, 0.2) is 12.1 Å². The van der Waals surface area contributed by atoms with Crippen molar-refractivity contribution in [2.24, 2.45) is 0 Å². The summed E-state index contributed by atoms with van der Waals surface area (Å²) in [6, 6.07) is 1.66. The number of hydrogen-bond donors (Lipinski definition) is 4. The van der Waals surface area contributed by atoms with Crippen LogP contribution in [0, 0.1) is 11.6 Å². The first kappa shape index (κ1) is 12.7. The van der Waals surface area contributed by atoms with E-state index in [0.717, 1.165) is 6.07 Å². The molecule has 0 atom stereocenters. The Balaban J connectivity index is 3.05. The van der Waals surface area contributed by atoms with Crippen molar-refractivity contribution in [3.05, 3.63) is 23.8 Å². The molecule has 1 aromatic carbocycles. The maximum absolute atomic E-state index is 13.1. The average molecular weight is 232 g/mol. The van der Waals surface area contributed by atoms with Crippen LogP contribution in [0.4, 0.5) is 20.2 Å². The molecule has 5 N–H and O–H groups in total. The van der Waals surface area contributed by atoms with E-state index >= 15 is 0 Å². The van der Waals surface area contributed by atoms with E-state index in [9.17, 15) is 8.78 Å². The van der Waals surface area contributed by atoms with Gasteiger partial charge in [0.25, 0.3) is 0 Å². The molecule has 0 heterocycles. The van der Waals surface area contributed by atoms with Gasteiger partial charge in [-0.2, -0.15) is 0 Å². The summed E-state index contributed by atoms with van der Waals surface area (Å²) in [4.78, 5) is 0. The number of anilines is 2. The van der Waals surface area contributed by atoms with E-state index < -0.39 is 30.4 Å². The Morgan fingerprint density at radius 3 is 2.38 bits per heavy atom. The van der Waals surface area contributed by atoms with Crippen LogP contribution in [0.1, 0.15) is 6.92 Å². The predicted octanol–water partition coefficient (Wildman–Crippen LogP) is 0.702. The lowest BCUT2D eigenvalue weighted by Gasteiger charge is -2.28. The molecular formula is C10H14F2N2O2. The number of benzene rings is 1. The number of hydrogen-bond acceptors (Lipinski definition) is 4. The topological polar surface area (TPSA) is 78.5 Å². The second kappa shape index (κ2) is 4.63. The fraction of sp³-hybridized carbons (Fsp3) is 0.400. The molecule has 0 amide bonds. The molecule has 0 unspecified atom stereocenters. The standard InChI is InChI=1S/C10H14F2N2O2/c1-10(4-15,5-16)14-8-3-6(11)2-7(12)9(8)13/h2-3,14-16H,4-5,13H2,1H3. The summed E-state index contributed by atoms with van der Waals surface area (Å²) in [5.41, 5.74) is 4.06. The Kier molecular flexibility index (Phi) is 3.66. The molecule has 0 saturated heterocycles. The molecule has 0 aliphatic heterocycles.